The fourth-order valence-corrected chi connectivity index (χ4v) is 3.70. The first kappa shape index (κ1) is 19.7. The van der Waals surface area contributed by atoms with E-state index in [1.807, 2.05) is 55.5 Å². The predicted molar refractivity (Wildman–Crippen MR) is 107 cm³/mol. The lowest BCUT2D eigenvalue weighted by molar-refractivity contribution is -0.149. The number of aryl methyl sites for hydroxylation is 1. The van der Waals surface area contributed by atoms with Gasteiger partial charge < -0.3 is 24.1 Å². The summed E-state index contributed by atoms with van der Waals surface area (Å²) in [6, 6.07) is 15.6. The van der Waals surface area contributed by atoms with Gasteiger partial charge in [-0.25, -0.2) is 0 Å². The van der Waals surface area contributed by atoms with E-state index in [0.717, 1.165) is 22.6 Å². The fraction of sp³-hybridized carbons (Fsp3) is 0.435. The quantitative estimate of drug-likeness (QED) is 0.699. The van der Waals surface area contributed by atoms with Crippen LogP contribution in [0.1, 0.15) is 17.5 Å². The van der Waals surface area contributed by atoms with Crippen LogP contribution in [0.5, 0.6) is 11.5 Å². The summed E-state index contributed by atoms with van der Waals surface area (Å²) >= 11 is 0. The van der Waals surface area contributed by atoms with Crippen LogP contribution in [0.2, 0.25) is 0 Å². The third-order valence-electron chi connectivity index (χ3n) is 5.70. The molecule has 2 saturated heterocycles. The lowest BCUT2D eigenvalue weighted by Gasteiger charge is -2.41. The topological polar surface area (TPSA) is 74.2 Å². The minimum absolute atomic E-state index is 0.0733. The summed E-state index contributed by atoms with van der Waals surface area (Å²) in [6.45, 7) is 5.16. The molecule has 0 unspecified atom stereocenters. The molecule has 2 fully saturated rings. The smallest absolute Gasteiger partial charge is 0.304 e. The van der Waals surface area contributed by atoms with Gasteiger partial charge in [-0.3, -0.25) is 4.79 Å². The molecule has 0 radical (unpaired) electrons. The van der Waals surface area contributed by atoms with Gasteiger partial charge in [0.15, 0.2) is 0 Å². The molecular weight excluding hydrogens is 372 g/mol. The highest BCUT2D eigenvalue weighted by atomic mass is 16.5. The van der Waals surface area contributed by atoms with Crippen molar-refractivity contribution in [2.45, 2.75) is 18.8 Å². The molecule has 0 atom stereocenters. The number of carbonyl (C=O) groups is 1. The standard InChI is InChI=1S/C23H26O6/c1-17-4-2-3-5-20(17)29-14-22(11-26-12-22)13-28-19-8-6-18(7-9-19)23(10-21(24)25)15-27-16-23/h2-9H,10-16H2,1H3,(H,24,25). The second-order valence-electron chi connectivity index (χ2n) is 8.20. The van der Waals surface area contributed by atoms with Crippen LogP contribution >= 0.6 is 0 Å². The van der Waals surface area contributed by atoms with Crippen LogP contribution in [0.15, 0.2) is 48.5 Å². The average molecular weight is 398 g/mol. The van der Waals surface area contributed by atoms with Gasteiger partial charge >= 0.3 is 5.97 Å². The van der Waals surface area contributed by atoms with Crippen molar-refractivity contribution in [2.75, 3.05) is 39.6 Å². The molecule has 0 bridgehead atoms. The number of hydrogen-bond donors (Lipinski definition) is 1. The van der Waals surface area contributed by atoms with Crippen LogP contribution in [0, 0.1) is 12.3 Å². The Labute approximate surface area is 170 Å². The summed E-state index contributed by atoms with van der Waals surface area (Å²) in [6.07, 6.45) is 0.0733. The van der Waals surface area contributed by atoms with Crippen LogP contribution in [0.3, 0.4) is 0 Å². The van der Waals surface area contributed by atoms with E-state index in [0.29, 0.717) is 39.6 Å². The van der Waals surface area contributed by atoms with Crippen molar-refractivity contribution in [1.82, 2.24) is 0 Å². The lowest BCUT2D eigenvalue weighted by Crippen LogP contribution is -2.51. The third kappa shape index (κ3) is 4.23. The van der Waals surface area contributed by atoms with Gasteiger partial charge in [0.25, 0.3) is 0 Å². The van der Waals surface area contributed by atoms with Gasteiger partial charge in [0.2, 0.25) is 0 Å². The number of ether oxygens (including phenoxy) is 4. The average Bonchev–Trinajstić information content (AvgIpc) is 2.65. The van der Waals surface area contributed by atoms with Crippen LogP contribution in [-0.4, -0.2) is 50.7 Å². The normalized spacial score (nSPS) is 18.9. The maximum Gasteiger partial charge on any atom is 0.304 e. The highest BCUT2D eigenvalue weighted by Gasteiger charge is 2.43. The molecule has 0 spiro atoms. The van der Waals surface area contributed by atoms with Crippen molar-refractivity contribution in [2.24, 2.45) is 5.41 Å². The van der Waals surface area contributed by atoms with Crippen molar-refractivity contribution in [3.63, 3.8) is 0 Å². The molecule has 0 saturated carbocycles. The van der Waals surface area contributed by atoms with Crippen LogP contribution in [-0.2, 0) is 19.7 Å². The number of para-hydroxylation sites is 1. The summed E-state index contributed by atoms with van der Waals surface area (Å²) in [5.74, 6) is 0.824. The third-order valence-corrected chi connectivity index (χ3v) is 5.70. The first-order valence-corrected chi connectivity index (χ1v) is 9.80. The van der Waals surface area contributed by atoms with Gasteiger partial charge in [0, 0.05) is 0 Å². The van der Waals surface area contributed by atoms with Crippen LogP contribution in [0.25, 0.3) is 0 Å². The number of carboxylic acid groups (broad SMARTS) is 1. The zero-order valence-electron chi connectivity index (χ0n) is 16.6. The summed E-state index contributed by atoms with van der Waals surface area (Å²) in [4.78, 5) is 11.2. The molecule has 2 aromatic carbocycles. The Bertz CT molecular complexity index is 852. The van der Waals surface area contributed by atoms with Crippen molar-refractivity contribution in [3.8, 4) is 11.5 Å². The molecule has 154 valence electrons. The first-order valence-electron chi connectivity index (χ1n) is 9.80. The molecule has 0 aliphatic carbocycles. The first-order chi connectivity index (χ1) is 14.0. The van der Waals surface area contributed by atoms with Crippen molar-refractivity contribution < 1.29 is 28.8 Å². The lowest BCUT2D eigenvalue weighted by atomic mass is 9.76. The molecule has 6 heteroatoms. The van der Waals surface area contributed by atoms with Crippen molar-refractivity contribution in [1.29, 1.82) is 0 Å². The molecule has 0 amide bonds. The molecule has 0 aromatic heterocycles. The van der Waals surface area contributed by atoms with Crippen LogP contribution < -0.4 is 9.47 Å². The Hall–Kier alpha value is -2.57. The maximum absolute atomic E-state index is 11.2. The fourth-order valence-electron chi connectivity index (χ4n) is 3.70. The van der Waals surface area contributed by atoms with Gasteiger partial charge in [-0.2, -0.15) is 0 Å². The minimum Gasteiger partial charge on any atom is -0.493 e. The SMILES string of the molecule is Cc1ccccc1OCC1(COc2ccc(C3(CC(=O)O)COC3)cc2)COC1. The van der Waals surface area contributed by atoms with E-state index in [2.05, 4.69) is 0 Å². The number of carboxylic acids is 1. The minimum atomic E-state index is -0.811. The Kier molecular flexibility index (Phi) is 5.48. The maximum atomic E-state index is 11.2. The van der Waals surface area contributed by atoms with E-state index in [1.165, 1.54) is 0 Å². The predicted octanol–water partition coefficient (Wildman–Crippen LogP) is 3.21. The molecule has 2 heterocycles. The summed E-state index contributed by atoms with van der Waals surface area (Å²) in [5, 5.41) is 9.18. The monoisotopic (exact) mass is 398 g/mol. The van der Waals surface area contributed by atoms with Crippen LogP contribution in [0.4, 0.5) is 0 Å². The van der Waals surface area contributed by atoms with Gasteiger partial charge in [0.1, 0.15) is 24.7 Å². The zero-order valence-corrected chi connectivity index (χ0v) is 16.6. The van der Waals surface area contributed by atoms with Gasteiger partial charge in [-0.15, -0.1) is 0 Å². The number of aliphatic carboxylic acids is 1. The molecule has 6 nitrogen and oxygen atoms in total. The number of benzene rings is 2. The largest absolute Gasteiger partial charge is 0.493 e. The number of rotatable bonds is 9. The summed E-state index contributed by atoms with van der Waals surface area (Å²) < 4.78 is 22.8. The van der Waals surface area contributed by atoms with Gasteiger partial charge in [-0.05, 0) is 36.2 Å². The molecule has 1 N–H and O–H groups in total. The number of hydrogen-bond acceptors (Lipinski definition) is 5. The Morgan fingerprint density at radius 2 is 1.62 bits per heavy atom. The summed E-state index contributed by atoms with van der Waals surface area (Å²) in [5.41, 5.74) is 1.50. The van der Waals surface area contributed by atoms with Gasteiger partial charge in [0.05, 0.1) is 43.7 Å². The van der Waals surface area contributed by atoms with Gasteiger partial charge in [-0.1, -0.05) is 30.3 Å². The highest BCUT2D eigenvalue weighted by Crippen LogP contribution is 2.37. The highest BCUT2D eigenvalue weighted by molar-refractivity contribution is 5.69. The van der Waals surface area contributed by atoms with E-state index < -0.39 is 11.4 Å². The molecular formula is C23H26O6. The van der Waals surface area contributed by atoms with E-state index in [9.17, 15) is 9.90 Å². The Morgan fingerprint density at radius 1 is 0.966 bits per heavy atom. The zero-order chi connectivity index (χ0) is 20.3. The molecule has 2 aliphatic heterocycles. The Morgan fingerprint density at radius 3 is 2.17 bits per heavy atom. The second kappa shape index (κ2) is 8.05. The Balaban J connectivity index is 1.35. The molecule has 29 heavy (non-hydrogen) atoms. The van der Waals surface area contributed by atoms with E-state index >= 15 is 0 Å². The van der Waals surface area contributed by atoms with Crippen molar-refractivity contribution in [3.05, 3.63) is 59.7 Å². The van der Waals surface area contributed by atoms with E-state index in [4.69, 9.17) is 18.9 Å². The van der Waals surface area contributed by atoms with E-state index in [1.54, 1.807) is 0 Å². The van der Waals surface area contributed by atoms with Crippen molar-refractivity contribution >= 4 is 5.97 Å². The molecule has 2 aromatic rings. The molecule has 2 aliphatic rings. The van der Waals surface area contributed by atoms with E-state index in [-0.39, 0.29) is 11.8 Å². The molecule has 4 rings (SSSR count). The second-order valence-corrected chi connectivity index (χ2v) is 8.20. The summed E-state index contributed by atoms with van der Waals surface area (Å²) in [7, 11) is 0.